The van der Waals surface area contributed by atoms with Gasteiger partial charge in [0, 0.05) is 11.8 Å². The Morgan fingerprint density at radius 3 is 2.80 bits per heavy atom. The molecule has 3 rings (SSSR count). The summed E-state index contributed by atoms with van der Waals surface area (Å²) in [5, 5.41) is 3.46. The Bertz CT molecular complexity index is 516. The van der Waals surface area contributed by atoms with Crippen LogP contribution in [0.5, 0.6) is 5.75 Å². The molecule has 1 N–H and O–H groups in total. The fourth-order valence-corrected chi connectivity index (χ4v) is 3.92. The number of rotatable bonds is 4. The SMILES string of the molecule is COC(=O)C1(Nc2cccc(OC)c2)CC2CCC1C2. The standard InChI is InChI=1S/C16H21NO3/c1-19-14-5-3-4-13(9-14)17-16(15(18)20-2)10-11-6-7-12(16)8-11/h3-5,9,11-12,17H,6-8,10H2,1-2H3. The molecule has 1 aromatic rings. The molecule has 2 fully saturated rings. The van der Waals surface area contributed by atoms with E-state index in [0.29, 0.717) is 11.8 Å². The highest BCUT2D eigenvalue weighted by Gasteiger charge is 2.56. The molecule has 0 saturated heterocycles. The van der Waals surface area contributed by atoms with E-state index in [1.54, 1.807) is 7.11 Å². The van der Waals surface area contributed by atoms with Crippen molar-refractivity contribution in [2.45, 2.75) is 31.2 Å². The number of benzene rings is 1. The van der Waals surface area contributed by atoms with Crippen LogP contribution in [0.2, 0.25) is 0 Å². The Morgan fingerprint density at radius 2 is 2.20 bits per heavy atom. The molecule has 4 heteroatoms. The predicted molar refractivity (Wildman–Crippen MR) is 76.8 cm³/mol. The summed E-state index contributed by atoms with van der Waals surface area (Å²) >= 11 is 0. The van der Waals surface area contributed by atoms with E-state index < -0.39 is 5.54 Å². The summed E-state index contributed by atoms with van der Waals surface area (Å²) in [5.74, 6) is 1.69. The van der Waals surface area contributed by atoms with Crippen LogP contribution in [-0.2, 0) is 9.53 Å². The lowest BCUT2D eigenvalue weighted by Gasteiger charge is -2.36. The summed E-state index contributed by atoms with van der Waals surface area (Å²) in [6, 6.07) is 7.73. The van der Waals surface area contributed by atoms with Gasteiger partial charge in [0.15, 0.2) is 0 Å². The molecule has 0 aromatic heterocycles. The van der Waals surface area contributed by atoms with Gasteiger partial charge in [0.25, 0.3) is 0 Å². The first-order valence-corrected chi connectivity index (χ1v) is 7.18. The van der Waals surface area contributed by atoms with Crippen molar-refractivity contribution in [3.8, 4) is 5.75 Å². The van der Waals surface area contributed by atoms with Crippen molar-refractivity contribution in [1.82, 2.24) is 0 Å². The third kappa shape index (κ3) is 2.03. The maximum absolute atomic E-state index is 12.4. The molecule has 3 unspecified atom stereocenters. The minimum Gasteiger partial charge on any atom is -0.497 e. The van der Waals surface area contributed by atoms with Gasteiger partial charge in [-0.05, 0) is 49.7 Å². The summed E-state index contributed by atoms with van der Waals surface area (Å²) in [7, 11) is 3.12. The van der Waals surface area contributed by atoms with Gasteiger partial charge in [0.05, 0.1) is 14.2 Å². The third-order valence-corrected chi connectivity index (χ3v) is 4.84. The molecule has 4 nitrogen and oxygen atoms in total. The Hall–Kier alpha value is -1.71. The number of esters is 1. The van der Waals surface area contributed by atoms with E-state index in [-0.39, 0.29) is 5.97 Å². The Balaban J connectivity index is 1.89. The molecule has 2 saturated carbocycles. The Morgan fingerprint density at radius 1 is 1.35 bits per heavy atom. The molecule has 2 aliphatic rings. The topological polar surface area (TPSA) is 47.6 Å². The third-order valence-electron chi connectivity index (χ3n) is 4.84. The van der Waals surface area contributed by atoms with Crippen LogP contribution in [0, 0.1) is 11.8 Å². The maximum atomic E-state index is 12.4. The van der Waals surface area contributed by atoms with Crippen molar-refractivity contribution in [2.75, 3.05) is 19.5 Å². The molecule has 3 atom stereocenters. The lowest BCUT2D eigenvalue weighted by molar-refractivity contribution is -0.148. The van der Waals surface area contributed by atoms with Gasteiger partial charge in [-0.3, -0.25) is 0 Å². The Labute approximate surface area is 119 Å². The fourth-order valence-electron chi connectivity index (χ4n) is 3.92. The van der Waals surface area contributed by atoms with Crippen molar-refractivity contribution in [3.05, 3.63) is 24.3 Å². The first kappa shape index (κ1) is 13.3. The summed E-state index contributed by atoms with van der Waals surface area (Å²) in [5.41, 5.74) is 0.367. The predicted octanol–water partition coefficient (Wildman–Crippen LogP) is 2.84. The second-order valence-corrected chi connectivity index (χ2v) is 5.90. The van der Waals surface area contributed by atoms with Crippen LogP contribution in [-0.4, -0.2) is 25.7 Å². The van der Waals surface area contributed by atoms with Crippen LogP contribution < -0.4 is 10.1 Å². The van der Waals surface area contributed by atoms with E-state index in [0.717, 1.165) is 30.7 Å². The highest BCUT2D eigenvalue weighted by Crippen LogP contribution is 2.52. The average Bonchev–Trinajstić information content (AvgIpc) is 3.07. The summed E-state index contributed by atoms with van der Waals surface area (Å²) < 4.78 is 10.3. The van der Waals surface area contributed by atoms with Gasteiger partial charge < -0.3 is 14.8 Å². The highest BCUT2D eigenvalue weighted by atomic mass is 16.5. The van der Waals surface area contributed by atoms with E-state index >= 15 is 0 Å². The zero-order chi connectivity index (χ0) is 14.2. The van der Waals surface area contributed by atoms with E-state index in [4.69, 9.17) is 9.47 Å². The zero-order valence-electron chi connectivity index (χ0n) is 12.0. The quantitative estimate of drug-likeness (QED) is 0.858. The van der Waals surface area contributed by atoms with Crippen molar-refractivity contribution in [1.29, 1.82) is 0 Å². The van der Waals surface area contributed by atoms with Crippen molar-refractivity contribution < 1.29 is 14.3 Å². The maximum Gasteiger partial charge on any atom is 0.331 e. The van der Waals surface area contributed by atoms with Crippen LogP contribution in [0.4, 0.5) is 5.69 Å². The number of hydrogen-bond donors (Lipinski definition) is 1. The first-order valence-electron chi connectivity index (χ1n) is 7.18. The molecular weight excluding hydrogens is 254 g/mol. The number of carbonyl (C=O) groups excluding carboxylic acids is 1. The van der Waals surface area contributed by atoms with Gasteiger partial charge in [0.1, 0.15) is 11.3 Å². The van der Waals surface area contributed by atoms with E-state index in [2.05, 4.69) is 5.32 Å². The van der Waals surface area contributed by atoms with Crippen molar-refractivity contribution in [2.24, 2.45) is 11.8 Å². The van der Waals surface area contributed by atoms with Gasteiger partial charge in [-0.25, -0.2) is 4.79 Å². The molecular formula is C16H21NO3. The lowest BCUT2D eigenvalue weighted by atomic mass is 9.80. The number of methoxy groups -OCH3 is 2. The molecule has 0 heterocycles. The summed E-state index contributed by atoms with van der Waals surface area (Å²) in [6.07, 6.45) is 4.35. The molecule has 2 bridgehead atoms. The van der Waals surface area contributed by atoms with Crippen LogP contribution in [0.25, 0.3) is 0 Å². The van der Waals surface area contributed by atoms with Crippen LogP contribution >= 0.6 is 0 Å². The highest BCUT2D eigenvalue weighted by molar-refractivity contribution is 5.86. The first-order chi connectivity index (χ1) is 9.68. The molecule has 0 spiro atoms. The zero-order valence-corrected chi connectivity index (χ0v) is 12.0. The summed E-state index contributed by atoms with van der Waals surface area (Å²) in [6.45, 7) is 0. The smallest absolute Gasteiger partial charge is 0.331 e. The van der Waals surface area contributed by atoms with Gasteiger partial charge in [-0.1, -0.05) is 6.07 Å². The van der Waals surface area contributed by atoms with Crippen molar-refractivity contribution >= 4 is 11.7 Å². The molecule has 0 aliphatic heterocycles. The molecule has 20 heavy (non-hydrogen) atoms. The molecule has 108 valence electrons. The second-order valence-electron chi connectivity index (χ2n) is 5.90. The number of hydrogen-bond acceptors (Lipinski definition) is 4. The lowest BCUT2D eigenvalue weighted by Crippen LogP contribution is -2.51. The van der Waals surface area contributed by atoms with E-state index in [1.165, 1.54) is 13.5 Å². The van der Waals surface area contributed by atoms with Crippen LogP contribution in [0.15, 0.2) is 24.3 Å². The van der Waals surface area contributed by atoms with Gasteiger partial charge >= 0.3 is 5.97 Å². The fraction of sp³-hybridized carbons (Fsp3) is 0.562. The number of fused-ring (bicyclic) bond motifs is 2. The van der Waals surface area contributed by atoms with E-state index in [9.17, 15) is 4.79 Å². The normalized spacial score (nSPS) is 31.1. The summed E-state index contributed by atoms with van der Waals surface area (Å²) in [4.78, 5) is 12.4. The van der Waals surface area contributed by atoms with Crippen molar-refractivity contribution in [3.63, 3.8) is 0 Å². The van der Waals surface area contributed by atoms with Crippen LogP contribution in [0.1, 0.15) is 25.7 Å². The largest absolute Gasteiger partial charge is 0.497 e. The number of ether oxygens (including phenoxy) is 2. The molecule has 1 aromatic carbocycles. The second kappa shape index (κ2) is 5.00. The van der Waals surface area contributed by atoms with Gasteiger partial charge in [0.2, 0.25) is 0 Å². The van der Waals surface area contributed by atoms with Gasteiger partial charge in [-0.2, -0.15) is 0 Å². The van der Waals surface area contributed by atoms with E-state index in [1.807, 2.05) is 24.3 Å². The number of anilines is 1. The minimum atomic E-state index is -0.552. The molecule has 0 radical (unpaired) electrons. The monoisotopic (exact) mass is 275 g/mol. The minimum absolute atomic E-state index is 0.132. The van der Waals surface area contributed by atoms with Crippen LogP contribution in [0.3, 0.4) is 0 Å². The Kier molecular flexibility index (Phi) is 3.32. The number of carbonyl (C=O) groups is 1. The molecule has 0 amide bonds. The number of nitrogens with one attached hydrogen (secondary N) is 1. The average molecular weight is 275 g/mol. The van der Waals surface area contributed by atoms with Gasteiger partial charge in [-0.15, -0.1) is 0 Å². The molecule has 2 aliphatic carbocycles.